The van der Waals surface area contributed by atoms with Gasteiger partial charge in [0, 0.05) is 52.6 Å². The number of carbonyl (C=O) groups is 1. The van der Waals surface area contributed by atoms with Crippen molar-refractivity contribution in [2.24, 2.45) is 10.9 Å². The maximum absolute atomic E-state index is 11.7. The summed E-state index contributed by atoms with van der Waals surface area (Å²) >= 11 is 0. The first-order valence-electron chi connectivity index (χ1n) is 10.8. The Morgan fingerprint density at radius 1 is 1.26 bits per heavy atom. The van der Waals surface area contributed by atoms with Gasteiger partial charge in [0.15, 0.2) is 5.96 Å². The van der Waals surface area contributed by atoms with Crippen LogP contribution in [0.25, 0.3) is 10.9 Å². The summed E-state index contributed by atoms with van der Waals surface area (Å²) in [6.07, 6.45) is 2.65. The van der Waals surface area contributed by atoms with Gasteiger partial charge in [-0.2, -0.15) is 0 Å². The lowest BCUT2D eigenvalue weighted by molar-refractivity contribution is -0.121. The van der Waals surface area contributed by atoms with E-state index < -0.39 is 0 Å². The molecule has 170 valence electrons. The molecule has 0 saturated carbocycles. The number of halogens is 1. The highest BCUT2D eigenvalue weighted by molar-refractivity contribution is 14.0. The van der Waals surface area contributed by atoms with Gasteiger partial charge in [-0.25, -0.2) is 9.98 Å². The van der Waals surface area contributed by atoms with E-state index in [0.717, 1.165) is 55.2 Å². The number of guanidine groups is 1. The number of rotatable bonds is 6. The second-order valence-electron chi connectivity index (χ2n) is 8.03. The van der Waals surface area contributed by atoms with E-state index in [1.807, 2.05) is 25.1 Å². The van der Waals surface area contributed by atoms with Gasteiger partial charge in [-0.05, 0) is 43.4 Å². The lowest BCUT2D eigenvalue weighted by atomic mass is 9.93. The van der Waals surface area contributed by atoms with Gasteiger partial charge in [-0.3, -0.25) is 4.79 Å². The van der Waals surface area contributed by atoms with Crippen LogP contribution in [0.1, 0.15) is 31.7 Å². The molecule has 2 aromatic rings. The number of para-hydroxylation sites is 1. The normalized spacial score (nSPS) is 14.8. The maximum Gasteiger partial charge on any atom is 0.220 e. The molecule has 7 nitrogen and oxygen atoms in total. The van der Waals surface area contributed by atoms with Crippen molar-refractivity contribution in [3.63, 3.8) is 0 Å². The quantitative estimate of drug-likeness (QED) is 0.336. The minimum Gasteiger partial charge on any atom is -0.363 e. The van der Waals surface area contributed by atoms with E-state index >= 15 is 0 Å². The smallest absolute Gasteiger partial charge is 0.220 e. The molecule has 3 rings (SSSR count). The van der Waals surface area contributed by atoms with Gasteiger partial charge in [0.2, 0.25) is 5.91 Å². The van der Waals surface area contributed by atoms with Crippen LogP contribution < -0.4 is 15.5 Å². The molecule has 1 fully saturated rings. The van der Waals surface area contributed by atoms with E-state index in [-0.39, 0.29) is 29.9 Å². The number of carbonyl (C=O) groups excluding carboxylic acids is 1. The van der Waals surface area contributed by atoms with Crippen LogP contribution in [0.4, 0.5) is 5.82 Å². The summed E-state index contributed by atoms with van der Waals surface area (Å²) in [4.78, 5) is 25.7. The molecule has 31 heavy (non-hydrogen) atoms. The Bertz CT molecular complexity index is 893. The van der Waals surface area contributed by atoms with Crippen LogP contribution in [0.3, 0.4) is 0 Å². The molecule has 0 spiro atoms. The van der Waals surface area contributed by atoms with Crippen LogP contribution in [0.5, 0.6) is 0 Å². The number of nitrogens with one attached hydrogen (secondary N) is 2. The lowest BCUT2D eigenvalue weighted by Gasteiger charge is -2.34. The SMILES string of the molecule is CCNC(=NCc1cc(N(C)C)nc2ccccc12)N1CCC(CC(=O)NC)CC1.I. The molecule has 1 aliphatic heterocycles. The van der Waals surface area contributed by atoms with Crippen molar-refractivity contribution in [3.8, 4) is 0 Å². The molecule has 1 amide bonds. The van der Waals surface area contributed by atoms with Crippen molar-refractivity contribution in [1.29, 1.82) is 0 Å². The van der Waals surface area contributed by atoms with Crippen molar-refractivity contribution in [2.45, 2.75) is 32.7 Å². The van der Waals surface area contributed by atoms with Gasteiger partial charge in [-0.15, -0.1) is 24.0 Å². The number of fused-ring (bicyclic) bond motifs is 1. The number of nitrogens with zero attached hydrogens (tertiary/aromatic N) is 4. The van der Waals surface area contributed by atoms with Gasteiger partial charge < -0.3 is 20.4 Å². The Balaban J connectivity index is 0.00000341. The summed E-state index contributed by atoms with van der Waals surface area (Å²) in [7, 11) is 5.73. The molecule has 0 radical (unpaired) electrons. The van der Waals surface area contributed by atoms with Crippen molar-refractivity contribution in [1.82, 2.24) is 20.5 Å². The Labute approximate surface area is 202 Å². The monoisotopic (exact) mass is 538 g/mol. The third kappa shape index (κ3) is 6.69. The summed E-state index contributed by atoms with van der Waals surface area (Å²) in [5, 5.41) is 7.33. The third-order valence-corrected chi connectivity index (χ3v) is 5.65. The average molecular weight is 538 g/mol. The molecule has 8 heteroatoms. The summed E-state index contributed by atoms with van der Waals surface area (Å²) < 4.78 is 0. The number of piperidine rings is 1. The van der Waals surface area contributed by atoms with Crippen molar-refractivity contribution >= 4 is 52.6 Å². The molecule has 1 aromatic carbocycles. The molecular formula is C23H35IN6O. The molecule has 1 saturated heterocycles. The number of aliphatic imine (C=N–C) groups is 1. The predicted octanol–water partition coefficient (Wildman–Crippen LogP) is 3.23. The van der Waals surface area contributed by atoms with Crippen molar-refractivity contribution in [3.05, 3.63) is 35.9 Å². The van der Waals surface area contributed by atoms with Crippen LogP contribution in [-0.2, 0) is 11.3 Å². The fourth-order valence-corrected chi connectivity index (χ4v) is 3.89. The van der Waals surface area contributed by atoms with Gasteiger partial charge in [0.05, 0.1) is 12.1 Å². The number of likely N-dealkylation sites (tertiary alicyclic amines) is 1. The van der Waals surface area contributed by atoms with Crippen molar-refractivity contribution in [2.75, 3.05) is 45.7 Å². The summed E-state index contributed by atoms with van der Waals surface area (Å²) in [6, 6.07) is 10.4. The van der Waals surface area contributed by atoms with Crippen LogP contribution in [0.2, 0.25) is 0 Å². The highest BCUT2D eigenvalue weighted by atomic mass is 127. The summed E-state index contributed by atoms with van der Waals surface area (Å²) in [5.41, 5.74) is 2.17. The van der Waals surface area contributed by atoms with Gasteiger partial charge in [-0.1, -0.05) is 18.2 Å². The topological polar surface area (TPSA) is 72.9 Å². The highest BCUT2D eigenvalue weighted by Gasteiger charge is 2.23. The fraction of sp³-hybridized carbons (Fsp3) is 0.522. The average Bonchev–Trinajstić information content (AvgIpc) is 2.76. The highest BCUT2D eigenvalue weighted by Crippen LogP contribution is 2.24. The number of hydrogen-bond donors (Lipinski definition) is 2. The van der Waals surface area contributed by atoms with Crippen LogP contribution in [0, 0.1) is 5.92 Å². The van der Waals surface area contributed by atoms with Gasteiger partial charge in [0.25, 0.3) is 0 Å². The zero-order valence-corrected chi connectivity index (χ0v) is 21.3. The first-order chi connectivity index (χ1) is 14.5. The first-order valence-corrected chi connectivity index (χ1v) is 10.8. The standard InChI is InChI=1S/C23H34N6O.HI/c1-5-25-23(29-12-10-17(11-13-29)14-22(30)24-2)26-16-18-15-21(28(3)4)27-20-9-7-6-8-19(18)20;/h6-9,15,17H,5,10-14,16H2,1-4H3,(H,24,30)(H,25,26);1H. The minimum absolute atomic E-state index is 0. The lowest BCUT2D eigenvalue weighted by Crippen LogP contribution is -2.46. The Kier molecular flexibility index (Phi) is 9.80. The van der Waals surface area contributed by atoms with Crippen molar-refractivity contribution < 1.29 is 4.79 Å². The maximum atomic E-state index is 11.7. The van der Waals surface area contributed by atoms with Gasteiger partial charge >= 0.3 is 0 Å². The first kappa shape index (κ1) is 25.2. The van der Waals surface area contributed by atoms with Crippen LogP contribution >= 0.6 is 24.0 Å². The molecule has 0 aliphatic carbocycles. The Hall–Kier alpha value is -2.10. The zero-order valence-electron chi connectivity index (χ0n) is 19.0. The molecule has 1 aliphatic rings. The fourth-order valence-electron chi connectivity index (χ4n) is 3.89. The largest absolute Gasteiger partial charge is 0.363 e. The number of hydrogen-bond acceptors (Lipinski definition) is 4. The van der Waals surface area contributed by atoms with Gasteiger partial charge in [0.1, 0.15) is 5.82 Å². The summed E-state index contributed by atoms with van der Waals surface area (Å²) in [5.74, 6) is 2.48. The summed E-state index contributed by atoms with van der Waals surface area (Å²) in [6.45, 7) is 5.38. The minimum atomic E-state index is 0. The second kappa shape index (κ2) is 12.1. The Morgan fingerprint density at radius 3 is 2.61 bits per heavy atom. The van der Waals surface area contributed by atoms with E-state index in [1.165, 1.54) is 5.56 Å². The predicted molar refractivity (Wildman–Crippen MR) is 139 cm³/mol. The molecule has 1 aromatic heterocycles. The molecule has 0 bridgehead atoms. The molecule has 0 atom stereocenters. The molecule has 2 N–H and O–H groups in total. The van der Waals surface area contributed by atoms with E-state index in [9.17, 15) is 4.79 Å². The van der Waals surface area contributed by atoms with Crippen LogP contribution in [-0.4, -0.2) is 62.5 Å². The Morgan fingerprint density at radius 2 is 1.97 bits per heavy atom. The number of amides is 1. The zero-order chi connectivity index (χ0) is 21.5. The number of benzene rings is 1. The third-order valence-electron chi connectivity index (χ3n) is 5.65. The second-order valence-corrected chi connectivity index (χ2v) is 8.03. The van der Waals surface area contributed by atoms with Crippen LogP contribution in [0.15, 0.2) is 35.3 Å². The van der Waals surface area contributed by atoms with E-state index in [1.54, 1.807) is 7.05 Å². The van der Waals surface area contributed by atoms with E-state index in [2.05, 4.69) is 46.7 Å². The van der Waals surface area contributed by atoms with E-state index in [0.29, 0.717) is 18.9 Å². The molecule has 0 unspecified atom stereocenters. The number of pyridine rings is 1. The molecule has 2 heterocycles. The number of aromatic nitrogens is 1. The molecular weight excluding hydrogens is 503 g/mol. The number of anilines is 1. The van der Waals surface area contributed by atoms with E-state index in [4.69, 9.17) is 9.98 Å².